The molecule has 0 spiro atoms. The fraction of sp³-hybridized carbons (Fsp3) is 0.611. The predicted octanol–water partition coefficient (Wildman–Crippen LogP) is 2.10. The lowest BCUT2D eigenvalue weighted by molar-refractivity contribution is 0.0473. The first-order valence-corrected chi connectivity index (χ1v) is 8.80. The van der Waals surface area contributed by atoms with Gasteiger partial charge in [-0.2, -0.15) is 0 Å². The van der Waals surface area contributed by atoms with Gasteiger partial charge in [0.25, 0.3) is 5.91 Å². The molecular formula is C18H32IN5O4. The maximum Gasteiger partial charge on any atom is 0.408 e. The number of nitrogens with one attached hydrogen (secondary N) is 4. The number of nitrogens with zero attached hydrogens (tertiary/aromatic N) is 1. The zero-order valence-electron chi connectivity index (χ0n) is 17.3. The van der Waals surface area contributed by atoms with Crippen LogP contribution in [0.3, 0.4) is 0 Å². The van der Waals surface area contributed by atoms with E-state index in [2.05, 4.69) is 26.3 Å². The SMILES string of the molecule is CN=C(NCCNC(=O)c1ccco1)NCC(C)(C)NC(=O)OC(C)(C)C.I. The van der Waals surface area contributed by atoms with E-state index in [-0.39, 0.29) is 35.6 Å². The third-order valence-corrected chi connectivity index (χ3v) is 3.21. The van der Waals surface area contributed by atoms with E-state index in [0.717, 1.165) is 0 Å². The summed E-state index contributed by atoms with van der Waals surface area (Å²) in [6.45, 7) is 10.5. The summed E-state index contributed by atoms with van der Waals surface area (Å²) in [6, 6.07) is 3.26. The van der Waals surface area contributed by atoms with Crippen molar-refractivity contribution in [2.24, 2.45) is 4.99 Å². The highest BCUT2D eigenvalue weighted by Gasteiger charge is 2.24. The van der Waals surface area contributed by atoms with Crippen LogP contribution in [-0.4, -0.2) is 55.8 Å². The average molecular weight is 509 g/mol. The summed E-state index contributed by atoms with van der Waals surface area (Å²) in [5.41, 5.74) is -1.10. The molecule has 1 aromatic heterocycles. The Morgan fingerprint density at radius 2 is 1.75 bits per heavy atom. The van der Waals surface area contributed by atoms with Crippen LogP contribution in [0, 0.1) is 0 Å². The topological polar surface area (TPSA) is 117 Å². The number of ether oxygens (including phenoxy) is 1. The molecule has 160 valence electrons. The van der Waals surface area contributed by atoms with Gasteiger partial charge in [-0.05, 0) is 46.8 Å². The fourth-order valence-corrected chi connectivity index (χ4v) is 2.00. The molecule has 0 atom stereocenters. The van der Waals surface area contributed by atoms with Crippen LogP contribution in [-0.2, 0) is 4.74 Å². The van der Waals surface area contributed by atoms with Crippen molar-refractivity contribution in [2.75, 3.05) is 26.7 Å². The first kappa shape index (κ1) is 26.0. The highest BCUT2D eigenvalue weighted by atomic mass is 127. The molecule has 0 aromatic carbocycles. The summed E-state index contributed by atoms with van der Waals surface area (Å²) in [5, 5.41) is 11.8. The van der Waals surface area contributed by atoms with Crippen molar-refractivity contribution in [3.05, 3.63) is 24.2 Å². The molecule has 1 aromatic rings. The van der Waals surface area contributed by atoms with E-state index in [9.17, 15) is 9.59 Å². The van der Waals surface area contributed by atoms with Crippen LogP contribution in [0.4, 0.5) is 4.79 Å². The van der Waals surface area contributed by atoms with Crippen LogP contribution in [0.5, 0.6) is 0 Å². The number of alkyl carbamates (subject to hydrolysis) is 1. The predicted molar refractivity (Wildman–Crippen MR) is 119 cm³/mol. The maximum atomic E-state index is 11.9. The van der Waals surface area contributed by atoms with Gasteiger partial charge in [0.05, 0.1) is 11.8 Å². The van der Waals surface area contributed by atoms with Crippen LogP contribution in [0.1, 0.15) is 45.2 Å². The minimum atomic E-state index is -0.550. The molecular weight excluding hydrogens is 477 g/mol. The molecule has 10 heteroatoms. The lowest BCUT2D eigenvalue weighted by atomic mass is 10.1. The van der Waals surface area contributed by atoms with Gasteiger partial charge in [0, 0.05) is 26.7 Å². The van der Waals surface area contributed by atoms with Crippen LogP contribution < -0.4 is 21.3 Å². The number of furan rings is 1. The molecule has 1 rings (SSSR count). The van der Waals surface area contributed by atoms with Gasteiger partial charge in [-0.3, -0.25) is 9.79 Å². The number of halogens is 1. The maximum absolute atomic E-state index is 11.9. The van der Waals surface area contributed by atoms with Gasteiger partial charge in [0.1, 0.15) is 5.60 Å². The van der Waals surface area contributed by atoms with E-state index in [4.69, 9.17) is 9.15 Å². The summed E-state index contributed by atoms with van der Waals surface area (Å²) in [7, 11) is 1.64. The number of hydrogen-bond donors (Lipinski definition) is 4. The van der Waals surface area contributed by atoms with Crippen LogP contribution in [0.15, 0.2) is 27.8 Å². The second kappa shape index (κ2) is 11.8. The third-order valence-electron chi connectivity index (χ3n) is 3.21. The summed E-state index contributed by atoms with van der Waals surface area (Å²) >= 11 is 0. The molecule has 0 aliphatic heterocycles. The Morgan fingerprint density at radius 1 is 1.11 bits per heavy atom. The summed E-state index contributed by atoms with van der Waals surface area (Å²) in [6.07, 6.45) is 0.976. The first-order chi connectivity index (χ1) is 12.5. The van der Waals surface area contributed by atoms with Gasteiger partial charge in [-0.25, -0.2) is 4.79 Å². The van der Waals surface area contributed by atoms with Gasteiger partial charge >= 0.3 is 6.09 Å². The number of carbonyl (C=O) groups is 2. The van der Waals surface area contributed by atoms with Crippen molar-refractivity contribution in [3.63, 3.8) is 0 Å². The van der Waals surface area contributed by atoms with Crippen LogP contribution >= 0.6 is 24.0 Å². The molecule has 0 fully saturated rings. The molecule has 0 aliphatic carbocycles. The van der Waals surface area contributed by atoms with Gasteiger partial charge < -0.3 is 30.4 Å². The molecule has 0 saturated carbocycles. The van der Waals surface area contributed by atoms with E-state index in [1.54, 1.807) is 19.2 Å². The highest BCUT2D eigenvalue weighted by molar-refractivity contribution is 14.0. The Balaban J connectivity index is 0.00000729. The Labute approximate surface area is 183 Å². The van der Waals surface area contributed by atoms with E-state index in [0.29, 0.717) is 25.6 Å². The Kier molecular flexibility index (Phi) is 10.9. The summed E-state index contributed by atoms with van der Waals surface area (Å²) < 4.78 is 10.3. The molecule has 0 radical (unpaired) electrons. The molecule has 1 heterocycles. The van der Waals surface area contributed by atoms with Crippen molar-refractivity contribution in [1.82, 2.24) is 21.3 Å². The van der Waals surface area contributed by atoms with E-state index < -0.39 is 17.2 Å². The normalized spacial score (nSPS) is 11.9. The molecule has 28 heavy (non-hydrogen) atoms. The second-order valence-corrected chi connectivity index (χ2v) is 7.60. The highest BCUT2D eigenvalue weighted by Crippen LogP contribution is 2.09. The number of carbonyl (C=O) groups excluding carboxylic acids is 2. The average Bonchev–Trinajstić information content (AvgIpc) is 3.06. The number of aliphatic imine (C=N–C) groups is 1. The van der Waals surface area contributed by atoms with Crippen molar-refractivity contribution in [1.29, 1.82) is 0 Å². The second-order valence-electron chi connectivity index (χ2n) is 7.60. The summed E-state index contributed by atoms with van der Waals surface area (Å²) in [4.78, 5) is 27.8. The number of guanidine groups is 1. The van der Waals surface area contributed by atoms with Gasteiger partial charge in [0.15, 0.2) is 11.7 Å². The van der Waals surface area contributed by atoms with Gasteiger partial charge in [-0.15, -0.1) is 24.0 Å². The number of hydrogen-bond acceptors (Lipinski definition) is 5. The standard InChI is InChI=1S/C18H31N5O4.HI/c1-17(2,3)27-16(25)23-18(4,5)12-22-15(19-6)21-10-9-20-14(24)13-8-7-11-26-13;/h7-8,11H,9-10,12H2,1-6H3,(H,20,24)(H,23,25)(H2,19,21,22);1H. The summed E-state index contributed by atoms with van der Waals surface area (Å²) in [5.74, 6) is 0.557. The monoisotopic (exact) mass is 509 g/mol. The molecule has 9 nitrogen and oxygen atoms in total. The molecule has 2 amide bonds. The van der Waals surface area contributed by atoms with Crippen LogP contribution in [0.2, 0.25) is 0 Å². The van der Waals surface area contributed by atoms with Crippen molar-refractivity contribution >= 4 is 41.9 Å². The number of rotatable bonds is 7. The third kappa shape index (κ3) is 11.0. The molecule has 0 unspecified atom stereocenters. The minimum absolute atomic E-state index is 0. The van der Waals surface area contributed by atoms with Crippen LogP contribution in [0.25, 0.3) is 0 Å². The largest absolute Gasteiger partial charge is 0.459 e. The Bertz CT molecular complexity index is 639. The van der Waals surface area contributed by atoms with Crippen molar-refractivity contribution in [2.45, 2.75) is 45.8 Å². The fourth-order valence-electron chi connectivity index (χ4n) is 2.00. The molecule has 0 saturated heterocycles. The Morgan fingerprint density at radius 3 is 2.29 bits per heavy atom. The lowest BCUT2D eigenvalue weighted by Gasteiger charge is -2.29. The van der Waals surface area contributed by atoms with E-state index in [1.165, 1.54) is 6.26 Å². The van der Waals surface area contributed by atoms with Crippen molar-refractivity contribution in [3.8, 4) is 0 Å². The molecule has 4 N–H and O–H groups in total. The molecule has 0 bridgehead atoms. The minimum Gasteiger partial charge on any atom is -0.459 e. The lowest BCUT2D eigenvalue weighted by Crippen LogP contribution is -2.54. The smallest absolute Gasteiger partial charge is 0.408 e. The van der Waals surface area contributed by atoms with Gasteiger partial charge in [0.2, 0.25) is 0 Å². The van der Waals surface area contributed by atoms with Crippen molar-refractivity contribution < 1.29 is 18.7 Å². The van der Waals surface area contributed by atoms with E-state index >= 15 is 0 Å². The quantitative estimate of drug-likeness (QED) is 0.194. The zero-order chi connectivity index (χ0) is 20.5. The Hall–Kier alpha value is -1.98. The first-order valence-electron chi connectivity index (χ1n) is 8.80. The number of amides is 2. The zero-order valence-corrected chi connectivity index (χ0v) is 19.7. The molecule has 0 aliphatic rings. The van der Waals surface area contributed by atoms with E-state index in [1.807, 2.05) is 34.6 Å². The van der Waals surface area contributed by atoms with Gasteiger partial charge in [-0.1, -0.05) is 0 Å².